The van der Waals surface area contributed by atoms with Crippen molar-refractivity contribution in [3.8, 4) is 0 Å². The van der Waals surface area contributed by atoms with E-state index >= 15 is 0 Å². The first-order valence-electron chi connectivity index (χ1n) is 9.21. The third-order valence-electron chi connectivity index (χ3n) is 5.62. The Bertz CT molecular complexity index is 1100. The molecular weight excluding hydrogens is 378 g/mol. The summed E-state index contributed by atoms with van der Waals surface area (Å²) < 4.78 is 5.73. The van der Waals surface area contributed by atoms with Crippen molar-refractivity contribution in [1.82, 2.24) is 9.88 Å². The van der Waals surface area contributed by atoms with Crippen LogP contribution in [0, 0.1) is 0 Å². The molecule has 3 heterocycles. The molecule has 2 aliphatic heterocycles. The molecule has 3 aromatic rings. The van der Waals surface area contributed by atoms with E-state index < -0.39 is 11.7 Å². The highest BCUT2D eigenvalue weighted by Crippen LogP contribution is 2.43. The summed E-state index contributed by atoms with van der Waals surface area (Å²) in [6.45, 7) is 1.02. The number of para-hydroxylation sites is 1. The number of nitrogens with zero attached hydrogens (tertiary/aromatic N) is 1. The first kappa shape index (κ1) is 17.1. The number of halogens is 1. The molecule has 5 rings (SSSR count). The Kier molecular flexibility index (Phi) is 3.84. The lowest BCUT2D eigenvalue weighted by atomic mass is 9.82. The quantitative estimate of drug-likeness (QED) is 0.636. The van der Waals surface area contributed by atoms with Gasteiger partial charge in [0.15, 0.2) is 0 Å². The standard InChI is InChI=1S/C21H18ClN3O3/c22-14-6-5-13-11-18(23-17(13)12-14)19(26)25-9-7-21(8-10-25)15-3-1-2-4-16(15)24-20(27)28-21/h1-6,11-12,23H,7-10H2,(H,24,27). The van der Waals surface area contributed by atoms with Gasteiger partial charge in [-0.1, -0.05) is 35.9 Å². The number of rotatable bonds is 1. The molecule has 2 aromatic carbocycles. The van der Waals surface area contributed by atoms with Crippen LogP contribution in [0.25, 0.3) is 10.9 Å². The summed E-state index contributed by atoms with van der Waals surface area (Å²) in [6, 6.07) is 15.0. The third-order valence-corrected chi connectivity index (χ3v) is 5.85. The molecule has 142 valence electrons. The maximum Gasteiger partial charge on any atom is 0.412 e. The van der Waals surface area contributed by atoms with Crippen LogP contribution in [0.1, 0.15) is 28.9 Å². The van der Waals surface area contributed by atoms with E-state index in [2.05, 4.69) is 10.3 Å². The topological polar surface area (TPSA) is 74.4 Å². The number of fused-ring (bicyclic) bond motifs is 3. The van der Waals surface area contributed by atoms with Crippen molar-refractivity contribution in [2.24, 2.45) is 0 Å². The maximum atomic E-state index is 13.0. The summed E-state index contributed by atoms with van der Waals surface area (Å²) in [4.78, 5) is 30.0. The molecule has 0 bridgehead atoms. The number of nitrogens with one attached hydrogen (secondary N) is 2. The molecule has 1 aromatic heterocycles. The minimum atomic E-state index is -0.677. The minimum absolute atomic E-state index is 0.0595. The molecule has 0 aliphatic carbocycles. The van der Waals surface area contributed by atoms with Crippen molar-refractivity contribution in [3.63, 3.8) is 0 Å². The number of H-pyrrole nitrogens is 1. The van der Waals surface area contributed by atoms with Crippen molar-refractivity contribution in [2.75, 3.05) is 18.4 Å². The summed E-state index contributed by atoms with van der Waals surface area (Å²) in [5.41, 5.74) is 2.46. The fraction of sp³-hybridized carbons (Fsp3) is 0.238. The predicted molar refractivity (Wildman–Crippen MR) is 107 cm³/mol. The van der Waals surface area contributed by atoms with Crippen LogP contribution in [0.2, 0.25) is 5.02 Å². The molecule has 2 amide bonds. The van der Waals surface area contributed by atoms with Crippen molar-refractivity contribution >= 4 is 40.2 Å². The molecule has 28 heavy (non-hydrogen) atoms. The average Bonchev–Trinajstić information content (AvgIpc) is 3.11. The van der Waals surface area contributed by atoms with Crippen LogP contribution >= 0.6 is 11.6 Å². The van der Waals surface area contributed by atoms with Gasteiger partial charge in [0.2, 0.25) is 0 Å². The van der Waals surface area contributed by atoms with Gasteiger partial charge in [-0.2, -0.15) is 0 Å². The Morgan fingerprint density at radius 2 is 1.89 bits per heavy atom. The molecule has 0 radical (unpaired) electrons. The number of amides is 2. The zero-order valence-electron chi connectivity index (χ0n) is 15.0. The molecule has 1 fully saturated rings. The minimum Gasteiger partial charge on any atom is -0.438 e. The Morgan fingerprint density at radius 1 is 1.11 bits per heavy atom. The van der Waals surface area contributed by atoms with Gasteiger partial charge in [0.25, 0.3) is 5.91 Å². The molecule has 6 nitrogen and oxygen atoms in total. The highest BCUT2D eigenvalue weighted by molar-refractivity contribution is 6.31. The number of benzene rings is 2. The van der Waals surface area contributed by atoms with Crippen molar-refractivity contribution in [2.45, 2.75) is 18.4 Å². The number of carbonyl (C=O) groups excluding carboxylic acids is 2. The first-order chi connectivity index (χ1) is 13.5. The Labute approximate surface area is 166 Å². The fourth-order valence-corrected chi connectivity index (χ4v) is 4.36. The number of anilines is 1. The van der Waals surface area contributed by atoms with Gasteiger partial charge in [-0.05, 0) is 24.3 Å². The van der Waals surface area contributed by atoms with Gasteiger partial charge in [-0.15, -0.1) is 0 Å². The van der Waals surface area contributed by atoms with E-state index in [0.717, 1.165) is 22.2 Å². The van der Waals surface area contributed by atoms with Crippen LogP contribution < -0.4 is 5.32 Å². The van der Waals surface area contributed by atoms with Gasteiger partial charge in [-0.25, -0.2) is 4.79 Å². The third kappa shape index (κ3) is 2.72. The van der Waals surface area contributed by atoms with E-state index in [-0.39, 0.29) is 5.91 Å². The normalized spacial score (nSPS) is 17.9. The van der Waals surface area contributed by atoms with Crippen LogP contribution in [0.5, 0.6) is 0 Å². The number of hydrogen-bond donors (Lipinski definition) is 2. The number of piperidine rings is 1. The number of aromatic amines is 1. The lowest BCUT2D eigenvalue weighted by molar-refractivity contribution is -0.0332. The zero-order chi connectivity index (χ0) is 19.3. The van der Waals surface area contributed by atoms with Crippen LogP contribution in [0.4, 0.5) is 10.5 Å². The number of aromatic nitrogens is 1. The molecule has 0 unspecified atom stereocenters. The molecule has 1 spiro atoms. The van der Waals surface area contributed by atoms with Crippen LogP contribution in [-0.2, 0) is 10.3 Å². The van der Waals surface area contributed by atoms with Crippen LogP contribution in [0.3, 0.4) is 0 Å². The summed E-state index contributed by atoms with van der Waals surface area (Å²) in [5, 5.41) is 4.32. The largest absolute Gasteiger partial charge is 0.438 e. The van der Waals surface area contributed by atoms with E-state index in [1.165, 1.54) is 0 Å². The summed E-state index contributed by atoms with van der Waals surface area (Å²) in [5.74, 6) is -0.0595. The van der Waals surface area contributed by atoms with Crippen LogP contribution in [0.15, 0.2) is 48.5 Å². The second-order valence-corrected chi connectivity index (χ2v) is 7.70. The summed E-state index contributed by atoms with van der Waals surface area (Å²) in [7, 11) is 0. The van der Waals surface area contributed by atoms with Gasteiger partial charge in [0.05, 0.1) is 5.69 Å². The maximum absolute atomic E-state index is 13.0. The second-order valence-electron chi connectivity index (χ2n) is 7.26. The first-order valence-corrected chi connectivity index (χ1v) is 9.59. The van der Waals surface area contributed by atoms with E-state index in [1.807, 2.05) is 42.5 Å². The van der Waals surface area contributed by atoms with Gasteiger partial charge in [0.1, 0.15) is 11.3 Å². The van der Waals surface area contributed by atoms with Crippen LogP contribution in [-0.4, -0.2) is 35.0 Å². The summed E-state index contributed by atoms with van der Waals surface area (Å²) in [6.07, 6.45) is 0.691. The molecule has 7 heteroatoms. The zero-order valence-corrected chi connectivity index (χ0v) is 15.8. The lowest BCUT2D eigenvalue weighted by Gasteiger charge is -2.44. The number of ether oxygens (including phenoxy) is 1. The fourth-order valence-electron chi connectivity index (χ4n) is 4.18. The predicted octanol–water partition coefficient (Wildman–Crippen LogP) is 4.51. The molecule has 2 N–H and O–H groups in total. The molecule has 0 saturated carbocycles. The van der Waals surface area contributed by atoms with Crippen molar-refractivity contribution in [3.05, 3.63) is 64.8 Å². The monoisotopic (exact) mass is 395 g/mol. The molecule has 1 saturated heterocycles. The van der Waals surface area contributed by atoms with Crippen molar-refractivity contribution < 1.29 is 14.3 Å². The van der Waals surface area contributed by atoms with Gasteiger partial charge < -0.3 is 14.6 Å². The molecule has 2 aliphatic rings. The van der Waals surface area contributed by atoms with Gasteiger partial charge >= 0.3 is 6.09 Å². The van der Waals surface area contributed by atoms with E-state index in [4.69, 9.17) is 16.3 Å². The number of likely N-dealkylation sites (tertiary alicyclic amines) is 1. The van der Waals surface area contributed by atoms with E-state index in [9.17, 15) is 9.59 Å². The Balaban J connectivity index is 1.38. The van der Waals surface area contributed by atoms with Crippen molar-refractivity contribution in [1.29, 1.82) is 0 Å². The number of hydrogen-bond acceptors (Lipinski definition) is 3. The Hall–Kier alpha value is -2.99. The molecular formula is C21H18ClN3O3. The smallest absolute Gasteiger partial charge is 0.412 e. The van der Waals surface area contributed by atoms with E-state index in [1.54, 1.807) is 11.0 Å². The lowest BCUT2D eigenvalue weighted by Crippen LogP contribution is -2.49. The average molecular weight is 396 g/mol. The Morgan fingerprint density at radius 3 is 2.71 bits per heavy atom. The summed E-state index contributed by atoms with van der Waals surface area (Å²) >= 11 is 6.03. The SMILES string of the molecule is O=C1Nc2ccccc2C2(CCN(C(=O)c3cc4ccc(Cl)cc4[nH]3)CC2)O1. The van der Waals surface area contributed by atoms with Gasteiger partial charge in [-0.3, -0.25) is 10.1 Å². The highest BCUT2D eigenvalue weighted by atomic mass is 35.5. The van der Waals surface area contributed by atoms with Gasteiger partial charge in [0, 0.05) is 47.4 Å². The second kappa shape index (κ2) is 6.27. The number of carbonyl (C=O) groups is 2. The molecule has 0 atom stereocenters. The highest BCUT2D eigenvalue weighted by Gasteiger charge is 2.45. The van der Waals surface area contributed by atoms with E-state index in [0.29, 0.717) is 36.6 Å².